The molecule has 0 bridgehead atoms. The van der Waals surface area contributed by atoms with Gasteiger partial charge in [-0.25, -0.2) is 9.13 Å². The molecule has 3 nitrogen and oxygen atoms in total. The third kappa shape index (κ3) is 3.80. The van der Waals surface area contributed by atoms with E-state index in [1.165, 1.54) is 5.56 Å². The third-order valence-electron chi connectivity index (χ3n) is 2.55. The van der Waals surface area contributed by atoms with E-state index >= 15 is 0 Å². The number of aromatic nitrogens is 3. The number of hydrogen-bond acceptors (Lipinski definition) is 1. The largest absolute Gasteiger partial charge is 1.00 e. The van der Waals surface area contributed by atoms with E-state index in [9.17, 15) is 0 Å². The highest BCUT2D eigenvalue weighted by molar-refractivity contribution is 5.06. The second-order valence-corrected chi connectivity index (χ2v) is 5.03. The van der Waals surface area contributed by atoms with Crippen LogP contribution in [0.5, 0.6) is 0 Å². The molecule has 0 amide bonds. The first-order chi connectivity index (χ1) is 7.55. The molecule has 0 atom stereocenters. The highest BCUT2D eigenvalue weighted by atomic mass is 127. The van der Waals surface area contributed by atoms with Crippen molar-refractivity contribution in [2.75, 3.05) is 0 Å². The molecule has 2 aromatic rings. The van der Waals surface area contributed by atoms with Crippen molar-refractivity contribution in [3.8, 4) is 0 Å². The zero-order chi connectivity index (χ0) is 11.6. The normalized spacial score (nSPS) is 11.0. The maximum atomic E-state index is 4.12. The summed E-state index contributed by atoms with van der Waals surface area (Å²) in [5.74, 6) is 0. The van der Waals surface area contributed by atoms with Gasteiger partial charge in [-0.1, -0.05) is 6.07 Å². The lowest BCUT2D eigenvalue weighted by Crippen LogP contribution is -3.00. The molecule has 0 spiro atoms. The van der Waals surface area contributed by atoms with Crippen molar-refractivity contribution in [1.29, 1.82) is 0 Å². The Morgan fingerprint density at radius 2 is 2.12 bits per heavy atom. The average molecular weight is 343 g/mol. The van der Waals surface area contributed by atoms with Crippen LogP contribution in [0.3, 0.4) is 0 Å². The highest BCUT2D eigenvalue weighted by Gasteiger charge is 2.18. The van der Waals surface area contributed by atoms with Gasteiger partial charge in [0.15, 0.2) is 0 Å². The second-order valence-electron chi connectivity index (χ2n) is 5.03. The average Bonchev–Trinajstić information content (AvgIpc) is 2.67. The molecule has 0 fully saturated rings. The lowest BCUT2D eigenvalue weighted by Gasteiger charge is -2.13. The van der Waals surface area contributed by atoms with E-state index in [1.54, 1.807) is 6.20 Å². The Morgan fingerprint density at radius 1 is 1.35 bits per heavy atom. The SMILES string of the molecule is CC(C)(C)n1cc[n+](Cc2cccnc2)c1.[I-]. The molecule has 92 valence electrons. The number of hydrogen-bond donors (Lipinski definition) is 0. The molecule has 0 aliphatic rings. The zero-order valence-electron chi connectivity index (χ0n) is 10.5. The van der Waals surface area contributed by atoms with Gasteiger partial charge in [-0.05, 0) is 26.8 Å². The van der Waals surface area contributed by atoms with Crippen molar-refractivity contribution in [3.05, 3.63) is 48.8 Å². The maximum absolute atomic E-state index is 4.12. The van der Waals surface area contributed by atoms with Gasteiger partial charge in [-0.3, -0.25) is 4.98 Å². The smallest absolute Gasteiger partial charge is 0.244 e. The topological polar surface area (TPSA) is 21.7 Å². The molecular formula is C13H18IN3. The summed E-state index contributed by atoms with van der Waals surface area (Å²) in [5, 5.41) is 0. The zero-order valence-corrected chi connectivity index (χ0v) is 12.6. The van der Waals surface area contributed by atoms with Crippen molar-refractivity contribution in [1.82, 2.24) is 9.55 Å². The predicted octanol–water partition coefficient (Wildman–Crippen LogP) is -1.02. The van der Waals surface area contributed by atoms with Crippen LogP contribution in [-0.4, -0.2) is 9.55 Å². The molecule has 2 aromatic heterocycles. The Kier molecular flexibility index (Phi) is 4.68. The van der Waals surface area contributed by atoms with Crippen LogP contribution in [0.4, 0.5) is 0 Å². The number of halogens is 1. The van der Waals surface area contributed by atoms with E-state index in [-0.39, 0.29) is 29.5 Å². The molecule has 2 rings (SSSR count). The Labute approximate surface area is 120 Å². The van der Waals surface area contributed by atoms with Crippen LogP contribution in [-0.2, 0) is 12.1 Å². The first kappa shape index (κ1) is 14.2. The van der Waals surface area contributed by atoms with Gasteiger partial charge in [0.05, 0.1) is 0 Å². The number of nitrogens with zero attached hydrogens (tertiary/aromatic N) is 3. The number of imidazole rings is 1. The summed E-state index contributed by atoms with van der Waals surface area (Å²) in [6.45, 7) is 7.46. The lowest BCUT2D eigenvalue weighted by atomic mass is 10.1. The summed E-state index contributed by atoms with van der Waals surface area (Å²) < 4.78 is 4.38. The molecule has 0 aromatic carbocycles. The molecule has 0 unspecified atom stereocenters. The molecular weight excluding hydrogens is 325 g/mol. The molecule has 0 saturated carbocycles. The van der Waals surface area contributed by atoms with Crippen molar-refractivity contribution < 1.29 is 28.5 Å². The molecule has 0 N–H and O–H groups in total. The Balaban J connectivity index is 0.00000144. The summed E-state index contributed by atoms with van der Waals surface area (Å²) in [4.78, 5) is 4.12. The molecule has 17 heavy (non-hydrogen) atoms. The third-order valence-corrected chi connectivity index (χ3v) is 2.55. The van der Waals surface area contributed by atoms with E-state index < -0.39 is 0 Å². The van der Waals surface area contributed by atoms with Crippen LogP contribution in [0.25, 0.3) is 0 Å². The Bertz CT molecular complexity index is 457. The molecule has 0 aliphatic heterocycles. The van der Waals surface area contributed by atoms with E-state index in [0.29, 0.717) is 0 Å². The van der Waals surface area contributed by atoms with Crippen LogP contribution in [0, 0.1) is 0 Å². The Morgan fingerprint density at radius 3 is 2.65 bits per heavy atom. The van der Waals surface area contributed by atoms with Crippen LogP contribution < -0.4 is 28.5 Å². The quantitative estimate of drug-likeness (QED) is 0.505. The molecule has 4 heteroatoms. The fourth-order valence-electron chi connectivity index (χ4n) is 1.59. The van der Waals surface area contributed by atoms with Crippen LogP contribution in [0.2, 0.25) is 0 Å². The first-order valence-corrected chi connectivity index (χ1v) is 5.52. The fraction of sp³-hybridized carbons (Fsp3) is 0.385. The van der Waals surface area contributed by atoms with E-state index in [1.807, 2.05) is 12.3 Å². The first-order valence-electron chi connectivity index (χ1n) is 5.52. The summed E-state index contributed by atoms with van der Waals surface area (Å²) in [6, 6.07) is 4.06. The van der Waals surface area contributed by atoms with Crippen LogP contribution >= 0.6 is 0 Å². The molecule has 0 aliphatic carbocycles. The van der Waals surface area contributed by atoms with E-state index in [0.717, 1.165) is 6.54 Å². The van der Waals surface area contributed by atoms with Crippen LogP contribution in [0.1, 0.15) is 26.3 Å². The van der Waals surface area contributed by atoms with Gasteiger partial charge >= 0.3 is 0 Å². The van der Waals surface area contributed by atoms with Gasteiger partial charge in [-0.2, -0.15) is 0 Å². The summed E-state index contributed by atoms with van der Waals surface area (Å²) >= 11 is 0. The van der Waals surface area contributed by atoms with Crippen molar-refractivity contribution in [3.63, 3.8) is 0 Å². The minimum atomic E-state index is 0. The minimum Gasteiger partial charge on any atom is -1.00 e. The van der Waals surface area contributed by atoms with Gasteiger partial charge in [0.25, 0.3) is 0 Å². The number of pyridine rings is 1. The highest BCUT2D eigenvalue weighted by Crippen LogP contribution is 2.11. The van der Waals surface area contributed by atoms with Gasteiger partial charge in [0, 0.05) is 18.0 Å². The molecule has 0 radical (unpaired) electrons. The van der Waals surface area contributed by atoms with Crippen molar-refractivity contribution >= 4 is 0 Å². The minimum absolute atomic E-state index is 0. The van der Waals surface area contributed by atoms with Gasteiger partial charge in [0.2, 0.25) is 6.33 Å². The standard InChI is InChI=1S/C13H18N3.HI/c1-13(2,3)16-8-7-15(11-16)10-12-5-4-6-14-9-12;/h4-9,11H,10H2,1-3H3;1H/q+1;/p-1. The van der Waals surface area contributed by atoms with Crippen LogP contribution in [0.15, 0.2) is 43.2 Å². The summed E-state index contributed by atoms with van der Waals surface area (Å²) in [5.41, 5.74) is 1.36. The van der Waals surface area contributed by atoms with Gasteiger partial charge < -0.3 is 24.0 Å². The summed E-state index contributed by atoms with van der Waals surface area (Å²) in [6.07, 6.45) is 10.0. The van der Waals surface area contributed by atoms with E-state index in [2.05, 4.69) is 59.7 Å². The second kappa shape index (κ2) is 5.62. The van der Waals surface area contributed by atoms with Gasteiger partial charge in [-0.15, -0.1) is 0 Å². The number of rotatable bonds is 2. The van der Waals surface area contributed by atoms with Crippen molar-refractivity contribution in [2.45, 2.75) is 32.9 Å². The molecule has 0 saturated heterocycles. The van der Waals surface area contributed by atoms with Gasteiger partial charge in [0.1, 0.15) is 24.5 Å². The maximum Gasteiger partial charge on any atom is 0.244 e. The molecule has 2 heterocycles. The summed E-state index contributed by atoms with van der Waals surface area (Å²) in [7, 11) is 0. The Hall–Kier alpha value is -0.910. The lowest BCUT2D eigenvalue weighted by molar-refractivity contribution is -0.688. The predicted molar refractivity (Wildman–Crippen MR) is 63.0 cm³/mol. The van der Waals surface area contributed by atoms with Crippen molar-refractivity contribution in [2.24, 2.45) is 0 Å². The van der Waals surface area contributed by atoms with E-state index in [4.69, 9.17) is 0 Å². The fourth-order valence-corrected chi connectivity index (χ4v) is 1.59. The monoisotopic (exact) mass is 343 g/mol.